The smallest absolute Gasteiger partial charge is 0.255 e. The van der Waals surface area contributed by atoms with Gasteiger partial charge in [0.05, 0.1) is 0 Å². The van der Waals surface area contributed by atoms with E-state index in [0.717, 1.165) is 5.56 Å². The largest absolute Gasteiger partial charge is 0.273 e. The van der Waals surface area contributed by atoms with Crippen LogP contribution in [0.25, 0.3) is 6.08 Å². The normalized spacial score (nSPS) is 10.8. The van der Waals surface area contributed by atoms with Crippen molar-refractivity contribution >= 4 is 23.6 Å². The number of rotatable bonds is 2. The summed E-state index contributed by atoms with van der Waals surface area (Å²) in [5, 5.41) is 0.679. The van der Waals surface area contributed by atoms with Gasteiger partial charge in [-0.25, -0.2) is 4.98 Å². The van der Waals surface area contributed by atoms with Crippen molar-refractivity contribution < 1.29 is 4.79 Å². The number of halogens is 1. The number of hydrogen-bond acceptors (Lipinski definition) is 2. The van der Waals surface area contributed by atoms with Crippen LogP contribution in [0.5, 0.6) is 0 Å². The zero-order valence-electron chi connectivity index (χ0n) is 8.38. The van der Waals surface area contributed by atoms with Crippen molar-refractivity contribution in [3.8, 4) is 0 Å². The van der Waals surface area contributed by atoms with Crippen molar-refractivity contribution in [2.45, 2.75) is 0 Å². The van der Waals surface area contributed by atoms with E-state index in [4.69, 9.17) is 11.6 Å². The van der Waals surface area contributed by atoms with E-state index in [2.05, 4.69) is 4.98 Å². The van der Waals surface area contributed by atoms with Crippen LogP contribution in [0.4, 0.5) is 0 Å². The first-order valence-electron chi connectivity index (χ1n) is 4.71. The topological polar surface area (TPSA) is 34.9 Å². The summed E-state index contributed by atoms with van der Waals surface area (Å²) in [6.45, 7) is 0. The number of hydrogen-bond donors (Lipinski definition) is 0. The summed E-state index contributed by atoms with van der Waals surface area (Å²) in [6.07, 6.45) is 7.86. The maximum atomic E-state index is 11.6. The second-order valence-electron chi connectivity index (χ2n) is 3.19. The molecule has 16 heavy (non-hydrogen) atoms. The summed E-state index contributed by atoms with van der Waals surface area (Å²) in [4.78, 5) is 15.4. The molecule has 0 atom stereocenters. The Morgan fingerprint density at radius 1 is 1.31 bits per heavy atom. The molecular weight excluding hydrogens is 224 g/mol. The first-order valence-corrected chi connectivity index (χ1v) is 5.09. The molecule has 1 heterocycles. The minimum Gasteiger partial charge on any atom is -0.273 e. The Morgan fingerprint density at radius 2 is 2.06 bits per heavy atom. The lowest BCUT2D eigenvalue weighted by molar-refractivity contribution is 0.0969. The number of benzene rings is 1. The maximum Gasteiger partial charge on any atom is 0.255 e. The molecule has 80 valence electrons. The van der Waals surface area contributed by atoms with Gasteiger partial charge in [-0.1, -0.05) is 23.7 Å². The van der Waals surface area contributed by atoms with Crippen LogP contribution in [0.15, 0.2) is 49.1 Å². The van der Waals surface area contributed by atoms with E-state index in [1.165, 1.54) is 17.0 Å². The highest BCUT2D eigenvalue weighted by Gasteiger charge is 1.97. The summed E-state index contributed by atoms with van der Waals surface area (Å²) in [7, 11) is 0. The second-order valence-corrected chi connectivity index (χ2v) is 3.63. The summed E-state index contributed by atoms with van der Waals surface area (Å²) in [5.74, 6) is -0.132. The quantitative estimate of drug-likeness (QED) is 0.747. The van der Waals surface area contributed by atoms with E-state index >= 15 is 0 Å². The highest BCUT2D eigenvalue weighted by atomic mass is 35.5. The van der Waals surface area contributed by atoms with Gasteiger partial charge in [0.1, 0.15) is 6.33 Å². The van der Waals surface area contributed by atoms with Gasteiger partial charge >= 0.3 is 0 Å². The molecule has 0 radical (unpaired) electrons. The molecule has 2 rings (SSSR count). The fraction of sp³-hybridized carbons (Fsp3) is 0. The highest BCUT2D eigenvalue weighted by molar-refractivity contribution is 6.30. The van der Waals surface area contributed by atoms with Gasteiger partial charge in [0, 0.05) is 23.5 Å². The third kappa shape index (κ3) is 2.58. The second kappa shape index (κ2) is 4.77. The summed E-state index contributed by atoms with van der Waals surface area (Å²) in [6, 6.07) is 7.26. The number of allylic oxidation sites excluding steroid dienone is 1. The van der Waals surface area contributed by atoms with Gasteiger partial charge in [0.25, 0.3) is 5.91 Å². The number of aromatic nitrogens is 2. The van der Waals surface area contributed by atoms with Gasteiger partial charge < -0.3 is 0 Å². The molecule has 0 fully saturated rings. The molecule has 1 aromatic heterocycles. The molecule has 0 spiro atoms. The lowest BCUT2D eigenvalue weighted by Crippen LogP contribution is -2.03. The van der Waals surface area contributed by atoms with Crippen LogP contribution in [0.3, 0.4) is 0 Å². The molecule has 0 bridgehead atoms. The molecule has 2 aromatic rings. The summed E-state index contributed by atoms with van der Waals surface area (Å²) < 4.78 is 1.41. The molecule has 0 N–H and O–H groups in total. The van der Waals surface area contributed by atoms with Crippen LogP contribution in [-0.4, -0.2) is 15.5 Å². The van der Waals surface area contributed by atoms with Gasteiger partial charge in [-0.2, -0.15) is 0 Å². The third-order valence-electron chi connectivity index (χ3n) is 2.05. The Morgan fingerprint density at radius 3 is 2.69 bits per heavy atom. The monoisotopic (exact) mass is 232 g/mol. The zero-order valence-corrected chi connectivity index (χ0v) is 9.13. The molecule has 0 saturated carbocycles. The SMILES string of the molecule is O=C(/C=C/c1ccc(Cl)cc1)n1ccnc1. The average Bonchev–Trinajstić information content (AvgIpc) is 2.81. The lowest BCUT2D eigenvalue weighted by Gasteiger charge is -1.95. The first-order chi connectivity index (χ1) is 7.75. The van der Waals surface area contributed by atoms with E-state index in [-0.39, 0.29) is 5.91 Å². The van der Waals surface area contributed by atoms with E-state index < -0.39 is 0 Å². The first kappa shape index (κ1) is 10.6. The van der Waals surface area contributed by atoms with Crippen LogP contribution in [0.2, 0.25) is 5.02 Å². The summed E-state index contributed by atoms with van der Waals surface area (Å²) >= 11 is 5.75. The maximum absolute atomic E-state index is 11.6. The van der Waals surface area contributed by atoms with E-state index in [1.807, 2.05) is 12.1 Å². The van der Waals surface area contributed by atoms with Crippen LogP contribution < -0.4 is 0 Å². The number of imidazole rings is 1. The van der Waals surface area contributed by atoms with Crippen LogP contribution in [0.1, 0.15) is 10.4 Å². The van der Waals surface area contributed by atoms with Gasteiger partial charge in [-0.15, -0.1) is 0 Å². The minimum atomic E-state index is -0.132. The molecule has 0 amide bonds. The van der Waals surface area contributed by atoms with Crippen LogP contribution in [0, 0.1) is 0 Å². The van der Waals surface area contributed by atoms with Crippen molar-refractivity contribution in [1.29, 1.82) is 0 Å². The molecular formula is C12H9ClN2O. The standard InChI is InChI=1S/C12H9ClN2O/c13-11-4-1-10(2-5-11)3-6-12(16)15-8-7-14-9-15/h1-9H/b6-3+. The van der Waals surface area contributed by atoms with Crippen molar-refractivity contribution in [1.82, 2.24) is 9.55 Å². The Bertz CT molecular complexity index is 500. The predicted octanol–water partition coefficient (Wildman–Crippen LogP) is 2.89. The zero-order chi connectivity index (χ0) is 11.4. The molecule has 0 aliphatic carbocycles. The van der Waals surface area contributed by atoms with Gasteiger partial charge in [0.2, 0.25) is 0 Å². The number of nitrogens with zero attached hydrogens (tertiary/aromatic N) is 2. The van der Waals surface area contributed by atoms with Crippen molar-refractivity contribution in [2.75, 3.05) is 0 Å². The fourth-order valence-corrected chi connectivity index (χ4v) is 1.34. The molecule has 3 nitrogen and oxygen atoms in total. The molecule has 1 aromatic carbocycles. The van der Waals surface area contributed by atoms with Crippen LogP contribution in [-0.2, 0) is 0 Å². The van der Waals surface area contributed by atoms with Crippen molar-refractivity contribution in [2.24, 2.45) is 0 Å². The highest BCUT2D eigenvalue weighted by Crippen LogP contribution is 2.10. The Labute approximate surface area is 98.0 Å². The number of carbonyl (C=O) groups is 1. The van der Waals surface area contributed by atoms with Gasteiger partial charge in [-0.05, 0) is 23.8 Å². The van der Waals surface area contributed by atoms with E-state index in [1.54, 1.807) is 30.6 Å². The van der Waals surface area contributed by atoms with E-state index in [0.29, 0.717) is 5.02 Å². The third-order valence-corrected chi connectivity index (χ3v) is 2.30. The van der Waals surface area contributed by atoms with E-state index in [9.17, 15) is 4.79 Å². The Hall–Kier alpha value is -1.87. The average molecular weight is 233 g/mol. The van der Waals surface area contributed by atoms with Gasteiger partial charge in [0.15, 0.2) is 0 Å². The molecule has 0 unspecified atom stereocenters. The lowest BCUT2D eigenvalue weighted by atomic mass is 10.2. The Balaban J connectivity index is 2.10. The molecule has 0 saturated heterocycles. The van der Waals surface area contributed by atoms with Gasteiger partial charge in [-0.3, -0.25) is 9.36 Å². The fourth-order valence-electron chi connectivity index (χ4n) is 1.22. The molecule has 4 heteroatoms. The molecule has 0 aliphatic rings. The van der Waals surface area contributed by atoms with Crippen molar-refractivity contribution in [3.05, 3.63) is 59.6 Å². The van der Waals surface area contributed by atoms with Crippen molar-refractivity contribution in [3.63, 3.8) is 0 Å². The minimum absolute atomic E-state index is 0.132. The van der Waals surface area contributed by atoms with Crippen LogP contribution >= 0.6 is 11.6 Å². The predicted molar refractivity (Wildman–Crippen MR) is 63.3 cm³/mol. The summed E-state index contributed by atoms with van der Waals surface area (Å²) in [5.41, 5.74) is 0.929. The number of carbonyl (C=O) groups excluding carboxylic acids is 1. The molecule has 0 aliphatic heterocycles. The Kier molecular flexibility index (Phi) is 3.17.